The summed E-state index contributed by atoms with van der Waals surface area (Å²) in [6, 6.07) is 0. The number of ether oxygens (including phenoxy) is 1. The molecule has 1 aliphatic heterocycles. The van der Waals surface area contributed by atoms with Gasteiger partial charge in [-0.3, -0.25) is 4.79 Å². The van der Waals surface area contributed by atoms with Crippen molar-refractivity contribution in [3.8, 4) is 0 Å². The van der Waals surface area contributed by atoms with Gasteiger partial charge in [-0.05, 0) is 12.8 Å². The summed E-state index contributed by atoms with van der Waals surface area (Å²) < 4.78 is 6.72. The van der Waals surface area contributed by atoms with Crippen LogP contribution in [0.1, 0.15) is 12.8 Å². The molecule has 1 aromatic rings. The van der Waals surface area contributed by atoms with Crippen LogP contribution < -0.4 is 10.9 Å². The number of hydrogen-bond donors (Lipinski definition) is 2. The van der Waals surface area contributed by atoms with E-state index in [1.54, 1.807) is 19.4 Å². The molecular formula is C11H17N3O3. The molecule has 6 nitrogen and oxygen atoms in total. The highest BCUT2D eigenvalue weighted by Gasteiger charge is 2.32. The second kappa shape index (κ2) is 4.85. The Bertz CT molecular complexity index is 438. The Morgan fingerprint density at radius 1 is 1.59 bits per heavy atom. The van der Waals surface area contributed by atoms with Crippen molar-refractivity contribution in [2.45, 2.75) is 18.4 Å². The molecule has 1 fully saturated rings. The molecule has 0 bridgehead atoms. The number of aromatic nitrogens is 2. The molecule has 2 N–H and O–H groups in total. The quantitative estimate of drug-likeness (QED) is 0.759. The van der Waals surface area contributed by atoms with Crippen molar-refractivity contribution in [3.63, 3.8) is 0 Å². The first-order chi connectivity index (χ1) is 8.17. The van der Waals surface area contributed by atoms with Crippen molar-refractivity contribution < 1.29 is 9.84 Å². The maximum atomic E-state index is 11.8. The lowest BCUT2D eigenvalue weighted by atomic mass is 9.91. The van der Waals surface area contributed by atoms with Crippen molar-refractivity contribution in [3.05, 3.63) is 22.7 Å². The summed E-state index contributed by atoms with van der Waals surface area (Å²) in [6.07, 6.45) is 4.50. The van der Waals surface area contributed by atoms with E-state index in [0.717, 1.165) is 0 Å². The lowest BCUT2D eigenvalue weighted by molar-refractivity contribution is 0.0378. The first kappa shape index (κ1) is 12.1. The van der Waals surface area contributed by atoms with Crippen molar-refractivity contribution in [1.82, 2.24) is 9.55 Å². The van der Waals surface area contributed by atoms with Gasteiger partial charge < -0.3 is 19.7 Å². The third-order valence-corrected chi connectivity index (χ3v) is 3.15. The number of nitrogens with one attached hydrogen (secondary N) is 1. The first-order valence-corrected chi connectivity index (χ1v) is 5.65. The van der Waals surface area contributed by atoms with Crippen LogP contribution >= 0.6 is 0 Å². The number of aliphatic hydroxyl groups is 1. The molecule has 0 saturated carbocycles. The fraction of sp³-hybridized carbons (Fsp3) is 0.636. The van der Waals surface area contributed by atoms with Gasteiger partial charge in [0.25, 0.3) is 5.56 Å². The van der Waals surface area contributed by atoms with Crippen molar-refractivity contribution in [1.29, 1.82) is 0 Å². The van der Waals surface area contributed by atoms with E-state index in [4.69, 9.17) is 4.74 Å². The van der Waals surface area contributed by atoms with E-state index in [9.17, 15) is 9.90 Å². The summed E-state index contributed by atoms with van der Waals surface area (Å²) in [5, 5.41) is 12.6. The monoisotopic (exact) mass is 239 g/mol. The van der Waals surface area contributed by atoms with Gasteiger partial charge in [0.1, 0.15) is 0 Å². The molecule has 1 aliphatic rings. The zero-order valence-corrected chi connectivity index (χ0v) is 9.85. The fourth-order valence-corrected chi connectivity index (χ4v) is 1.92. The molecule has 17 heavy (non-hydrogen) atoms. The molecule has 0 spiro atoms. The van der Waals surface area contributed by atoms with E-state index in [2.05, 4.69) is 10.3 Å². The van der Waals surface area contributed by atoms with Crippen LogP contribution in [-0.2, 0) is 11.8 Å². The van der Waals surface area contributed by atoms with Gasteiger partial charge in [-0.25, -0.2) is 4.98 Å². The lowest BCUT2D eigenvalue weighted by Crippen LogP contribution is -2.48. The molecule has 1 saturated heterocycles. The highest BCUT2D eigenvalue weighted by Crippen LogP contribution is 2.23. The van der Waals surface area contributed by atoms with Gasteiger partial charge in [0.15, 0.2) is 5.82 Å². The van der Waals surface area contributed by atoms with Gasteiger partial charge in [-0.2, -0.15) is 0 Å². The molecular weight excluding hydrogens is 222 g/mol. The number of anilines is 1. The smallest absolute Gasteiger partial charge is 0.293 e. The van der Waals surface area contributed by atoms with Crippen LogP contribution in [0, 0.1) is 0 Å². The number of hydrogen-bond acceptors (Lipinski definition) is 5. The molecule has 0 radical (unpaired) electrons. The highest BCUT2D eigenvalue weighted by atomic mass is 16.5. The SMILES string of the molecule is Cn1ccnc(NC2(CO)CCOCC2)c1=O. The van der Waals surface area contributed by atoms with E-state index in [1.807, 2.05) is 0 Å². The Labute approximate surface area is 99.2 Å². The molecule has 0 amide bonds. The number of nitrogens with zero attached hydrogens (tertiary/aromatic N) is 2. The van der Waals surface area contributed by atoms with Gasteiger partial charge >= 0.3 is 0 Å². The van der Waals surface area contributed by atoms with Gasteiger partial charge in [0.05, 0.1) is 12.1 Å². The molecule has 0 aromatic carbocycles. The zero-order chi connectivity index (χ0) is 12.3. The Morgan fingerprint density at radius 3 is 2.94 bits per heavy atom. The maximum Gasteiger partial charge on any atom is 0.293 e. The minimum atomic E-state index is -0.487. The minimum absolute atomic E-state index is 0.0317. The van der Waals surface area contributed by atoms with Crippen LogP contribution in [0.2, 0.25) is 0 Å². The Kier molecular flexibility index (Phi) is 3.44. The van der Waals surface area contributed by atoms with Crippen LogP contribution in [0.4, 0.5) is 5.82 Å². The van der Waals surface area contributed by atoms with Crippen LogP contribution in [0.3, 0.4) is 0 Å². The fourth-order valence-electron chi connectivity index (χ4n) is 1.92. The molecule has 0 aliphatic carbocycles. The van der Waals surface area contributed by atoms with E-state index in [1.165, 1.54) is 4.57 Å². The topological polar surface area (TPSA) is 76.4 Å². The summed E-state index contributed by atoms with van der Waals surface area (Å²) >= 11 is 0. The number of aryl methyl sites for hydroxylation is 1. The van der Waals surface area contributed by atoms with E-state index >= 15 is 0 Å². The summed E-state index contributed by atoms with van der Waals surface area (Å²) in [5.74, 6) is 0.283. The third kappa shape index (κ3) is 2.48. The predicted octanol–water partition coefficient (Wildman–Crippen LogP) is -0.266. The van der Waals surface area contributed by atoms with Crippen LogP contribution in [-0.4, -0.2) is 40.0 Å². The molecule has 2 heterocycles. The Hall–Kier alpha value is -1.40. The van der Waals surface area contributed by atoms with Crippen LogP contribution in [0.15, 0.2) is 17.2 Å². The minimum Gasteiger partial charge on any atom is -0.394 e. The molecule has 2 rings (SSSR count). The second-order valence-corrected chi connectivity index (χ2v) is 4.37. The van der Waals surface area contributed by atoms with Crippen LogP contribution in [0.25, 0.3) is 0 Å². The van der Waals surface area contributed by atoms with Gasteiger partial charge in [-0.15, -0.1) is 0 Å². The van der Waals surface area contributed by atoms with Crippen molar-refractivity contribution in [2.75, 3.05) is 25.1 Å². The average molecular weight is 239 g/mol. The van der Waals surface area contributed by atoms with Crippen molar-refractivity contribution >= 4 is 5.82 Å². The van der Waals surface area contributed by atoms with Gasteiger partial charge in [0.2, 0.25) is 0 Å². The van der Waals surface area contributed by atoms with Gasteiger partial charge in [-0.1, -0.05) is 0 Å². The molecule has 94 valence electrons. The summed E-state index contributed by atoms with van der Waals surface area (Å²) in [4.78, 5) is 15.9. The summed E-state index contributed by atoms with van der Waals surface area (Å²) in [7, 11) is 1.67. The highest BCUT2D eigenvalue weighted by molar-refractivity contribution is 5.35. The standard InChI is InChI=1S/C11H17N3O3/c1-14-5-4-12-9(10(14)16)13-11(8-15)2-6-17-7-3-11/h4-5,15H,2-3,6-8H2,1H3,(H,12,13). The van der Waals surface area contributed by atoms with Gasteiger partial charge in [0, 0.05) is 32.7 Å². The summed E-state index contributed by atoms with van der Waals surface area (Å²) in [6.45, 7) is 1.14. The van der Waals surface area contributed by atoms with E-state index in [-0.39, 0.29) is 18.0 Å². The molecule has 0 unspecified atom stereocenters. The molecule has 1 aromatic heterocycles. The predicted molar refractivity (Wildman–Crippen MR) is 63.0 cm³/mol. The van der Waals surface area contributed by atoms with Crippen molar-refractivity contribution in [2.24, 2.45) is 7.05 Å². The zero-order valence-electron chi connectivity index (χ0n) is 9.85. The second-order valence-electron chi connectivity index (χ2n) is 4.37. The van der Waals surface area contributed by atoms with E-state index in [0.29, 0.717) is 26.1 Å². The average Bonchev–Trinajstić information content (AvgIpc) is 2.36. The Balaban J connectivity index is 2.23. The lowest BCUT2D eigenvalue weighted by Gasteiger charge is -2.36. The first-order valence-electron chi connectivity index (χ1n) is 5.65. The number of rotatable bonds is 3. The summed E-state index contributed by atoms with van der Waals surface area (Å²) in [5.41, 5.74) is -0.675. The third-order valence-electron chi connectivity index (χ3n) is 3.15. The Morgan fingerprint density at radius 2 is 2.29 bits per heavy atom. The maximum absolute atomic E-state index is 11.8. The van der Waals surface area contributed by atoms with Crippen LogP contribution in [0.5, 0.6) is 0 Å². The number of aliphatic hydroxyl groups excluding tert-OH is 1. The largest absolute Gasteiger partial charge is 0.394 e. The molecule has 6 heteroatoms. The normalized spacial score (nSPS) is 18.9. The molecule has 0 atom stereocenters. The van der Waals surface area contributed by atoms with E-state index < -0.39 is 5.54 Å².